The molecule has 0 aromatic carbocycles. The van der Waals surface area contributed by atoms with Crippen LogP contribution in [0.1, 0.15) is 0 Å². The Labute approximate surface area is 54.2 Å². The molecule has 0 saturated carbocycles. The van der Waals surface area contributed by atoms with E-state index in [1.54, 1.807) is 13.3 Å². The van der Waals surface area contributed by atoms with E-state index in [4.69, 9.17) is 9.79 Å². The molecule has 9 heavy (non-hydrogen) atoms. The van der Waals surface area contributed by atoms with Gasteiger partial charge in [-0.1, -0.05) is 6.30 Å². The maximum Gasteiger partial charge on any atom is 0.472 e. The maximum absolute atomic E-state index is 10.1. The van der Waals surface area contributed by atoms with E-state index in [0.717, 1.165) is 0 Å². The zero-order valence-corrected chi connectivity index (χ0v) is 7.10. The molecule has 0 aliphatic rings. The summed E-state index contributed by atoms with van der Waals surface area (Å²) in [5.74, 6) is 0. The van der Waals surface area contributed by atoms with Crippen molar-refractivity contribution in [1.29, 1.82) is 0 Å². The van der Waals surface area contributed by atoms with Crippen molar-refractivity contribution in [3.05, 3.63) is 0 Å². The van der Waals surface area contributed by atoms with Gasteiger partial charge in [-0.15, -0.1) is 0 Å². The first-order chi connectivity index (χ1) is 3.71. The van der Waals surface area contributed by atoms with E-state index in [-0.39, 0.29) is 0 Å². The predicted octanol–water partition coefficient (Wildman–Crippen LogP) is 0.720. The van der Waals surface area contributed by atoms with Crippen molar-refractivity contribution in [2.45, 2.75) is 0 Å². The first kappa shape index (κ1) is 9.41. The van der Waals surface area contributed by atoms with Gasteiger partial charge in [-0.3, -0.25) is 4.31 Å². The average Bonchev–Trinajstić information content (AvgIpc) is 1.14. The van der Waals surface area contributed by atoms with Gasteiger partial charge in [0.2, 0.25) is 0 Å². The van der Waals surface area contributed by atoms with Crippen molar-refractivity contribution in [3.63, 3.8) is 0 Å². The quantitative estimate of drug-likeness (QED) is 0.602. The molecule has 0 fully saturated rings. The summed E-state index contributed by atoms with van der Waals surface area (Å²) in [6.45, 7) is 3.15. The summed E-state index contributed by atoms with van der Waals surface area (Å²) in [4.78, 5) is 16.5. The third-order valence-corrected chi connectivity index (χ3v) is 2.95. The van der Waals surface area contributed by atoms with Crippen LogP contribution >= 0.6 is 14.9 Å². The van der Waals surface area contributed by atoms with Crippen LogP contribution in [0.4, 0.5) is 0 Å². The molecule has 0 rings (SSSR count). The number of phosphoric acid groups is 1. The largest absolute Gasteiger partial charge is 0.472 e. The molecule has 0 radical (unpaired) electrons. The van der Waals surface area contributed by atoms with E-state index >= 15 is 0 Å². The molecule has 56 valence electrons. The van der Waals surface area contributed by atoms with Gasteiger partial charge < -0.3 is 9.79 Å². The average molecular weight is 172 g/mol. The summed E-state index contributed by atoms with van der Waals surface area (Å²) in [5, 5.41) is 0. The Kier molecular flexibility index (Phi) is 2.68. The lowest BCUT2D eigenvalue weighted by molar-refractivity contribution is 0.293. The van der Waals surface area contributed by atoms with Crippen LogP contribution < -0.4 is 0 Å². The van der Waals surface area contributed by atoms with Crippen LogP contribution in [0.15, 0.2) is 0 Å². The van der Waals surface area contributed by atoms with Crippen molar-refractivity contribution in [2.24, 2.45) is 0 Å². The van der Waals surface area contributed by atoms with E-state index < -0.39 is 14.9 Å². The van der Waals surface area contributed by atoms with Gasteiger partial charge in [-0.05, 0) is 13.3 Å². The van der Waals surface area contributed by atoms with Crippen LogP contribution in [-0.2, 0) is 8.88 Å². The van der Waals surface area contributed by atoms with Gasteiger partial charge in [0.15, 0.2) is 0 Å². The molecule has 0 aliphatic heterocycles. The lowest BCUT2D eigenvalue weighted by Crippen LogP contribution is -1.83. The van der Waals surface area contributed by atoms with Crippen LogP contribution in [-0.4, -0.2) is 29.4 Å². The second-order valence-corrected chi connectivity index (χ2v) is 6.93. The minimum Gasteiger partial charge on any atom is -0.302 e. The minimum absolute atomic E-state index is 1.58. The molecule has 0 heterocycles. The topological polar surface area (TPSA) is 66.8 Å². The molecule has 0 saturated heterocycles. The monoisotopic (exact) mass is 172 g/mol. The molecule has 2 N–H and O–H groups in total. The summed E-state index contributed by atoms with van der Waals surface area (Å²) >= 11 is 0. The Morgan fingerprint density at radius 2 is 1.78 bits per heavy atom. The predicted molar refractivity (Wildman–Crippen MR) is 39.0 cm³/mol. The van der Waals surface area contributed by atoms with E-state index in [1.807, 2.05) is 0 Å². The lowest BCUT2D eigenvalue weighted by atomic mass is 11.9. The van der Waals surface area contributed by atoms with Crippen LogP contribution in [0.2, 0.25) is 0 Å². The highest BCUT2D eigenvalue weighted by molar-refractivity contribution is 7.73. The highest BCUT2D eigenvalue weighted by Crippen LogP contribution is 2.54. The minimum atomic E-state index is -4.30. The Morgan fingerprint density at radius 1 is 1.44 bits per heavy atom. The molecular formula is C3H10O4P2. The van der Waals surface area contributed by atoms with Crippen molar-refractivity contribution in [1.82, 2.24) is 0 Å². The molecule has 0 aromatic heterocycles. The van der Waals surface area contributed by atoms with Gasteiger partial charge in [0.05, 0.1) is 0 Å². The van der Waals surface area contributed by atoms with Gasteiger partial charge in [0.25, 0.3) is 0 Å². The van der Waals surface area contributed by atoms with Crippen LogP contribution in [0.25, 0.3) is 0 Å². The van der Waals surface area contributed by atoms with Crippen LogP contribution in [0.3, 0.4) is 0 Å². The van der Waals surface area contributed by atoms with Crippen molar-refractivity contribution < 1.29 is 18.7 Å². The fourth-order valence-corrected chi connectivity index (χ4v) is 2.59. The molecule has 4 nitrogen and oxygen atoms in total. The van der Waals surface area contributed by atoms with Crippen molar-refractivity contribution >= 4 is 21.2 Å². The summed E-state index contributed by atoms with van der Waals surface area (Å²) < 4.78 is 14.4. The smallest absolute Gasteiger partial charge is 0.302 e. The maximum atomic E-state index is 10.1. The fourth-order valence-electron chi connectivity index (χ4n) is 0.288. The summed E-state index contributed by atoms with van der Waals surface area (Å²) in [5.41, 5.74) is 0. The Balaban J connectivity index is 4.07. The highest BCUT2D eigenvalue weighted by Gasteiger charge is 2.18. The molecular weight excluding hydrogens is 162 g/mol. The van der Waals surface area contributed by atoms with E-state index in [1.165, 1.54) is 0 Å². The second kappa shape index (κ2) is 2.57. The van der Waals surface area contributed by atoms with Gasteiger partial charge >= 0.3 is 7.82 Å². The third-order valence-electron chi connectivity index (χ3n) is 0.327. The number of rotatable bonds is 2. The van der Waals surface area contributed by atoms with Crippen molar-refractivity contribution in [2.75, 3.05) is 13.3 Å². The van der Waals surface area contributed by atoms with Crippen LogP contribution in [0.5, 0.6) is 0 Å². The van der Waals surface area contributed by atoms with Gasteiger partial charge in [-0.2, -0.15) is 0 Å². The summed E-state index contributed by atoms with van der Waals surface area (Å²) in [7, 11) is -6.35. The van der Waals surface area contributed by atoms with Crippen molar-refractivity contribution in [3.8, 4) is 0 Å². The zero-order chi connectivity index (χ0) is 7.71. The molecule has 0 unspecified atom stereocenters. The second-order valence-electron chi connectivity index (χ2n) is 2.15. The highest BCUT2D eigenvalue weighted by atomic mass is 31.3. The molecule has 6 heteroatoms. The Hall–Kier alpha value is 0.410. The Morgan fingerprint density at radius 3 is 1.78 bits per heavy atom. The molecule has 0 aromatic rings. The molecule has 0 spiro atoms. The fraction of sp³-hybridized carbons (Fsp3) is 0.667. The molecule has 0 atom stereocenters. The van der Waals surface area contributed by atoms with E-state index in [2.05, 4.69) is 10.6 Å². The lowest BCUT2D eigenvalue weighted by Gasteiger charge is -2.13. The van der Waals surface area contributed by atoms with E-state index in [0.29, 0.717) is 0 Å². The number of hydrogen-bond donors (Lipinski definition) is 2. The van der Waals surface area contributed by atoms with Crippen LogP contribution in [0, 0.1) is 0 Å². The summed E-state index contributed by atoms with van der Waals surface area (Å²) in [6.07, 6.45) is 3.45. The molecule has 0 aliphatic carbocycles. The third kappa shape index (κ3) is 8.41. The summed E-state index contributed by atoms with van der Waals surface area (Å²) in [6, 6.07) is 0. The molecule has 0 bridgehead atoms. The standard InChI is InChI=1S/C3H10O4P2/c1-8(2,3)7-9(4,5)6/h1H2,2-3H3,(H2,4,5,6). The SMILES string of the molecule is C=P(C)(C)OP(=O)(O)O. The Bertz CT molecular complexity index is 154. The normalized spacial score (nSPS) is 13.8. The zero-order valence-electron chi connectivity index (χ0n) is 5.31. The van der Waals surface area contributed by atoms with E-state index in [9.17, 15) is 4.57 Å². The van der Waals surface area contributed by atoms with Gasteiger partial charge in [0.1, 0.15) is 0 Å². The van der Waals surface area contributed by atoms with Gasteiger partial charge in [-0.25, -0.2) is 4.57 Å². The number of hydrogen-bond acceptors (Lipinski definition) is 2. The first-order valence-electron chi connectivity index (χ1n) is 2.16. The first-order valence-corrected chi connectivity index (χ1v) is 6.48. The van der Waals surface area contributed by atoms with Gasteiger partial charge in [0, 0.05) is 7.11 Å². The molecule has 0 amide bonds.